The minimum atomic E-state index is -2.56. The Balaban J connectivity index is 1.37. The van der Waals surface area contributed by atoms with Crippen LogP contribution < -0.4 is 5.32 Å². The van der Waals surface area contributed by atoms with E-state index in [0.717, 1.165) is 43.1 Å². The van der Waals surface area contributed by atoms with Crippen molar-refractivity contribution in [1.82, 2.24) is 14.8 Å². The number of rotatable bonds is 9. The molecule has 2 amide bonds. The van der Waals surface area contributed by atoms with Crippen molar-refractivity contribution in [2.75, 3.05) is 18.4 Å². The Morgan fingerprint density at radius 1 is 1.13 bits per heavy atom. The Kier molecular flexibility index (Phi) is 9.10. The van der Waals surface area contributed by atoms with Gasteiger partial charge in [0.15, 0.2) is 5.78 Å². The molecule has 4 rings (SSSR count). The monoisotopic (exact) mass is 546 g/mol. The van der Waals surface area contributed by atoms with Crippen LogP contribution in [0.15, 0.2) is 30.3 Å². The maximum atomic E-state index is 13.2. The third-order valence-electron chi connectivity index (χ3n) is 7.25. The molecule has 1 atom stereocenters. The van der Waals surface area contributed by atoms with Gasteiger partial charge in [-0.3, -0.25) is 19.3 Å². The van der Waals surface area contributed by atoms with Gasteiger partial charge in [0, 0.05) is 61.2 Å². The number of carbonyl (C=O) groups is 3. The van der Waals surface area contributed by atoms with Crippen molar-refractivity contribution in [2.45, 2.75) is 77.4 Å². The van der Waals surface area contributed by atoms with E-state index < -0.39 is 24.7 Å². The second-order valence-electron chi connectivity index (χ2n) is 10.2. The van der Waals surface area contributed by atoms with Gasteiger partial charge in [0.1, 0.15) is 11.9 Å². The summed E-state index contributed by atoms with van der Waals surface area (Å²) in [6, 6.07) is 8.33. The van der Waals surface area contributed by atoms with Gasteiger partial charge in [-0.15, -0.1) is 0 Å². The Hall–Kier alpha value is -2.91. The van der Waals surface area contributed by atoms with Gasteiger partial charge in [0.05, 0.1) is 0 Å². The van der Waals surface area contributed by atoms with E-state index >= 15 is 0 Å². The standard InChI is InChI=1S/C28H33ClF2N4O3/c1-17-13-19(3-4-22(17)29)16-34-11-9-21(10-12-34)35-23(5-8-27(35)37)28(38)33-26-15-20(14-18(2)32-26)24(36)6-7-25(30)31/h3-4,13-15,21,23,25H,5-12,16H2,1-2H3,(H,32,33,38)/t23-/m1/s1. The molecule has 38 heavy (non-hydrogen) atoms. The molecule has 10 heteroatoms. The highest BCUT2D eigenvalue weighted by atomic mass is 35.5. The molecular formula is C28H33ClF2N4O3. The molecule has 1 N–H and O–H groups in total. The first-order valence-corrected chi connectivity index (χ1v) is 13.4. The van der Waals surface area contributed by atoms with E-state index in [-0.39, 0.29) is 35.7 Å². The molecule has 0 radical (unpaired) electrons. The van der Waals surface area contributed by atoms with Gasteiger partial charge >= 0.3 is 0 Å². The smallest absolute Gasteiger partial charge is 0.248 e. The minimum Gasteiger partial charge on any atom is -0.328 e. The minimum absolute atomic E-state index is 0.0269. The van der Waals surface area contributed by atoms with Gasteiger partial charge in [-0.1, -0.05) is 23.7 Å². The highest BCUT2D eigenvalue weighted by molar-refractivity contribution is 6.31. The van der Waals surface area contributed by atoms with Crippen molar-refractivity contribution in [3.8, 4) is 0 Å². The van der Waals surface area contributed by atoms with Crippen LogP contribution in [0.5, 0.6) is 0 Å². The zero-order chi connectivity index (χ0) is 27.4. The van der Waals surface area contributed by atoms with Crippen molar-refractivity contribution >= 4 is 35.0 Å². The number of nitrogens with zero attached hydrogens (tertiary/aromatic N) is 3. The molecule has 2 aromatic rings. The maximum Gasteiger partial charge on any atom is 0.248 e. The number of amides is 2. The number of halogens is 3. The molecular weight excluding hydrogens is 514 g/mol. The fourth-order valence-electron chi connectivity index (χ4n) is 5.32. The van der Waals surface area contributed by atoms with Crippen LogP contribution in [-0.4, -0.2) is 64.0 Å². The van der Waals surface area contributed by atoms with Crippen LogP contribution in [0, 0.1) is 13.8 Å². The number of carbonyl (C=O) groups excluding carboxylic acids is 3. The Labute approximate surface area is 226 Å². The van der Waals surface area contributed by atoms with E-state index in [1.807, 2.05) is 19.1 Å². The van der Waals surface area contributed by atoms with E-state index in [9.17, 15) is 23.2 Å². The summed E-state index contributed by atoms with van der Waals surface area (Å²) in [5.41, 5.74) is 2.96. The highest BCUT2D eigenvalue weighted by Gasteiger charge is 2.41. The van der Waals surface area contributed by atoms with Crippen molar-refractivity contribution in [3.63, 3.8) is 0 Å². The zero-order valence-corrected chi connectivity index (χ0v) is 22.4. The summed E-state index contributed by atoms with van der Waals surface area (Å²) in [7, 11) is 0. The SMILES string of the molecule is Cc1cc(C(=O)CCC(F)F)cc(NC(=O)[C@H]2CCC(=O)N2C2CCN(Cc3ccc(Cl)c(C)c3)CC2)n1. The average Bonchev–Trinajstić information content (AvgIpc) is 3.26. The summed E-state index contributed by atoms with van der Waals surface area (Å²) in [6.07, 6.45) is -1.08. The molecule has 0 spiro atoms. The first-order valence-electron chi connectivity index (χ1n) is 13.0. The summed E-state index contributed by atoms with van der Waals surface area (Å²) in [5, 5.41) is 3.51. The van der Waals surface area contributed by atoms with Gasteiger partial charge in [-0.25, -0.2) is 13.8 Å². The topological polar surface area (TPSA) is 82.6 Å². The van der Waals surface area contributed by atoms with E-state index in [1.165, 1.54) is 17.7 Å². The van der Waals surface area contributed by atoms with Gasteiger partial charge in [-0.05, 0) is 62.4 Å². The lowest BCUT2D eigenvalue weighted by atomic mass is 10.0. The van der Waals surface area contributed by atoms with Gasteiger partial charge in [0.25, 0.3) is 0 Å². The van der Waals surface area contributed by atoms with Crippen LogP contribution in [-0.2, 0) is 16.1 Å². The van der Waals surface area contributed by atoms with Crippen molar-refractivity contribution in [3.05, 3.63) is 57.7 Å². The number of aromatic nitrogens is 1. The summed E-state index contributed by atoms with van der Waals surface area (Å²) in [5.74, 6) is -0.622. The molecule has 2 aliphatic heterocycles. The number of alkyl halides is 2. The lowest BCUT2D eigenvalue weighted by Gasteiger charge is -2.39. The fourth-order valence-corrected chi connectivity index (χ4v) is 5.44. The van der Waals surface area contributed by atoms with Crippen LogP contribution in [0.2, 0.25) is 5.02 Å². The Morgan fingerprint density at radius 2 is 1.87 bits per heavy atom. The summed E-state index contributed by atoms with van der Waals surface area (Å²) >= 11 is 6.14. The number of likely N-dealkylation sites (tertiary alicyclic amines) is 2. The number of aryl methyl sites for hydroxylation is 2. The van der Waals surface area contributed by atoms with Crippen LogP contribution in [0.3, 0.4) is 0 Å². The van der Waals surface area contributed by atoms with E-state index in [2.05, 4.69) is 21.3 Å². The Bertz CT molecular complexity index is 1200. The number of Topliss-reactive ketones (excluding diaryl/α,β-unsaturated/α-hetero) is 1. The van der Waals surface area contributed by atoms with Crippen LogP contribution in [0.1, 0.15) is 65.7 Å². The Morgan fingerprint density at radius 3 is 2.55 bits per heavy atom. The van der Waals surface area contributed by atoms with Crippen LogP contribution in [0.25, 0.3) is 0 Å². The molecule has 0 unspecified atom stereocenters. The third kappa shape index (κ3) is 6.94. The molecule has 7 nitrogen and oxygen atoms in total. The molecule has 2 saturated heterocycles. The molecule has 3 heterocycles. The molecule has 2 aliphatic rings. The second kappa shape index (κ2) is 12.3. The summed E-state index contributed by atoms with van der Waals surface area (Å²) in [6.45, 7) is 6.09. The molecule has 1 aromatic heterocycles. The number of piperidine rings is 1. The third-order valence-corrected chi connectivity index (χ3v) is 7.68. The van der Waals surface area contributed by atoms with Crippen LogP contribution >= 0.6 is 11.6 Å². The molecule has 0 bridgehead atoms. The largest absolute Gasteiger partial charge is 0.328 e. The number of hydrogen-bond donors (Lipinski definition) is 1. The molecule has 0 aliphatic carbocycles. The summed E-state index contributed by atoms with van der Waals surface area (Å²) < 4.78 is 25.0. The van der Waals surface area contributed by atoms with Crippen molar-refractivity contribution in [2.24, 2.45) is 0 Å². The van der Waals surface area contributed by atoms with Crippen LogP contribution in [0.4, 0.5) is 14.6 Å². The zero-order valence-electron chi connectivity index (χ0n) is 21.7. The maximum absolute atomic E-state index is 13.2. The molecule has 2 fully saturated rings. The number of ketones is 1. The average molecular weight is 547 g/mol. The predicted octanol–water partition coefficient (Wildman–Crippen LogP) is 5.17. The van der Waals surface area contributed by atoms with Crippen molar-refractivity contribution < 1.29 is 23.2 Å². The molecule has 1 aromatic carbocycles. The first-order chi connectivity index (χ1) is 18.1. The van der Waals surface area contributed by atoms with Gasteiger partial charge in [0.2, 0.25) is 18.2 Å². The summed E-state index contributed by atoms with van der Waals surface area (Å²) in [4.78, 5) is 46.7. The van der Waals surface area contributed by atoms with Crippen molar-refractivity contribution in [1.29, 1.82) is 0 Å². The quantitative estimate of drug-likeness (QED) is 0.439. The first kappa shape index (κ1) is 28.1. The second-order valence-corrected chi connectivity index (χ2v) is 10.6. The normalized spacial score (nSPS) is 18.8. The van der Waals surface area contributed by atoms with E-state index in [0.29, 0.717) is 18.5 Å². The number of hydrogen-bond acceptors (Lipinski definition) is 5. The number of pyridine rings is 1. The predicted molar refractivity (Wildman–Crippen MR) is 142 cm³/mol. The number of nitrogens with one attached hydrogen (secondary N) is 1. The van der Waals surface area contributed by atoms with E-state index in [4.69, 9.17) is 11.6 Å². The lowest BCUT2D eigenvalue weighted by molar-refractivity contribution is -0.136. The van der Waals surface area contributed by atoms with Gasteiger partial charge in [-0.2, -0.15) is 0 Å². The van der Waals surface area contributed by atoms with Gasteiger partial charge < -0.3 is 10.2 Å². The highest BCUT2D eigenvalue weighted by Crippen LogP contribution is 2.29. The van der Waals surface area contributed by atoms with E-state index in [1.54, 1.807) is 11.8 Å². The molecule has 204 valence electrons. The number of anilines is 1. The number of benzene rings is 1. The molecule has 0 saturated carbocycles. The lowest BCUT2D eigenvalue weighted by Crippen LogP contribution is -2.51. The fraction of sp³-hybridized carbons (Fsp3) is 0.500.